The molecule has 1 aromatic heterocycles. The molecule has 0 fully saturated rings. The van der Waals surface area contributed by atoms with Crippen LogP contribution in [0.25, 0.3) is 11.5 Å². The molecule has 106 valence electrons. The molecule has 0 saturated heterocycles. The standard InChI is InChI=1S/C14H13Br2NO3/c1-14(2,3)11-10(13(18)19)20-12(17-11)8-6-7(15)4-5-9(8)16/h4-6H,1-3H3,(H,18,19). The molecule has 0 amide bonds. The lowest BCUT2D eigenvalue weighted by molar-refractivity contribution is 0.0659. The molecule has 0 radical (unpaired) electrons. The van der Waals surface area contributed by atoms with Crippen molar-refractivity contribution in [2.24, 2.45) is 0 Å². The van der Waals surface area contributed by atoms with E-state index >= 15 is 0 Å². The summed E-state index contributed by atoms with van der Waals surface area (Å²) in [6.07, 6.45) is 0. The minimum atomic E-state index is -1.11. The Bertz CT molecular complexity index is 672. The number of oxazole rings is 1. The molecule has 6 heteroatoms. The Kier molecular flexibility index (Phi) is 4.07. The first-order valence-electron chi connectivity index (χ1n) is 5.90. The Morgan fingerprint density at radius 2 is 1.95 bits per heavy atom. The van der Waals surface area contributed by atoms with Crippen molar-refractivity contribution >= 4 is 37.8 Å². The van der Waals surface area contributed by atoms with Gasteiger partial charge < -0.3 is 9.52 Å². The van der Waals surface area contributed by atoms with Crippen molar-refractivity contribution in [3.8, 4) is 11.5 Å². The molecule has 1 heterocycles. The van der Waals surface area contributed by atoms with E-state index in [4.69, 9.17) is 4.42 Å². The van der Waals surface area contributed by atoms with Crippen molar-refractivity contribution in [1.82, 2.24) is 4.98 Å². The quantitative estimate of drug-likeness (QED) is 0.778. The zero-order valence-electron chi connectivity index (χ0n) is 11.2. The zero-order valence-corrected chi connectivity index (χ0v) is 14.4. The molecular weight excluding hydrogens is 390 g/mol. The van der Waals surface area contributed by atoms with Gasteiger partial charge in [0.25, 0.3) is 0 Å². The molecule has 0 aliphatic carbocycles. The number of carbonyl (C=O) groups is 1. The number of aromatic carboxylic acids is 1. The van der Waals surface area contributed by atoms with Gasteiger partial charge in [-0.05, 0) is 34.1 Å². The smallest absolute Gasteiger partial charge is 0.373 e. The maximum atomic E-state index is 11.3. The van der Waals surface area contributed by atoms with Gasteiger partial charge in [0, 0.05) is 14.4 Å². The van der Waals surface area contributed by atoms with Crippen molar-refractivity contribution in [3.63, 3.8) is 0 Å². The number of benzene rings is 1. The largest absolute Gasteiger partial charge is 0.475 e. The van der Waals surface area contributed by atoms with Crippen molar-refractivity contribution in [2.75, 3.05) is 0 Å². The molecule has 1 N–H and O–H groups in total. The zero-order chi connectivity index (χ0) is 15.1. The van der Waals surface area contributed by atoms with Crippen LogP contribution in [-0.4, -0.2) is 16.1 Å². The van der Waals surface area contributed by atoms with Crippen LogP contribution in [0, 0.1) is 0 Å². The van der Waals surface area contributed by atoms with Gasteiger partial charge in [-0.2, -0.15) is 0 Å². The first-order chi connectivity index (χ1) is 9.20. The molecule has 0 saturated carbocycles. The second-order valence-corrected chi connectivity index (χ2v) is 7.15. The van der Waals surface area contributed by atoms with Crippen LogP contribution in [0.3, 0.4) is 0 Å². The van der Waals surface area contributed by atoms with E-state index in [2.05, 4.69) is 36.8 Å². The maximum Gasteiger partial charge on any atom is 0.373 e. The van der Waals surface area contributed by atoms with Crippen LogP contribution in [0.2, 0.25) is 0 Å². The maximum absolute atomic E-state index is 11.3. The fraction of sp³-hybridized carbons (Fsp3) is 0.286. The van der Waals surface area contributed by atoms with Gasteiger partial charge in [-0.1, -0.05) is 36.7 Å². The van der Waals surface area contributed by atoms with E-state index < -0.39 is 11.4 Å². The Balaban J connectivity index is 2.65. The lowest BCUT2D eigenvalue weighted by Crippen LogP contribution is -2.16. The molecule has 0 aliphatic heterocycles. The highest BCUT2D eigenvalue weighted by atomic mass is 79.9. The van der Waals surface area contributed by atoms with Crippen LogP contribution in [0.5, 0.6) is 0 Å². The van der Waals surface area contributed by atoms with Crippen LogP contribution >= 0.6 is 31.9 Å². The van der Waals surface area contributed by atoms with Crippen LogP contribution < -0.4 is 0 Å². The Hall–Kier alpha value is -1.14. The van der Waals surface area contributed by atoms with Gasteiger partial charge in [-0.25, -0.2) is 9.78 Å². The lowest BCUT2D eigenvalue weighted by atomic mass is 9.91. The Labute approximate surface area is 133 Å². The molecule has 20 heavy (non-hydrogen) atoms. The Morgan fingerprint density at radius 3 is 2.45 bits per heavy atom. The second kappa shape index (κ2) is 5.33. The van der Waals surface area contributed by atoms with E-state index in [1.807, 2.05) is 39.0 Å². The van der Waals surface area contributed by atoms with Gasteiger partial charge in [0.15, 0.2) is 0 Å². The van der Waals surface area contributed by atoms with Crippen LogP contribution in [0.15, 0.2) is 31.6 Å². The van der Waals surface area contributed by atoms with Crippen LogP contribution in [-0.2, 0) is 5.41 Å². The Morgan fingerprint density at radius 1 is 1.30 bits per heavy atom. The number of nitrogens with zero attached hydrogens (tertiary/aromatic N) is 1. The number of halogens is 2. The second-order valence-electron chi connectivity index (χ2n) is 5.38. The normalized spacial score (nSPS) is 11.7. The number of hydrogen-bond acceptors (Lipinski definition) is 3. The van der Waals surface area contributed by atoms with Crippen molar-refractivity contribution < 1.29 is 14.3 Å². The topological polar surface area (TPSA) is 63.3 Å². The fourth-order valence-electron chi connectivity index (χ4n) is 1.75. The van der Waals surface area contributed by atoms with Gasteiger partial charge >= 0.3 is 5.97 Å². The van der Waals surface area contributed by atoms with E-state index in [-0.39, 0.29) is 5.76 Å². The highest BCUT2D eigenvalue weighted by Crippen LogP contribution is 2.34. The molecular formula is C14H13Br2NO3. The summed E-state index contributed by atoms with van der Waals surface area (Å²) < 4.78 is 7.12. The van der Waals surface area contributed by atoms with Crippen LogP contribution in [0.4, 0.5) is 0 Å². The predicted molar refractivity (Wildman–Crippen MR) is 83.0 cm³/mol. The molecule has 1 aromatic carbocycles. The SMILES string of the molecule is CC(C)(C)c1nc(-c2cc(Br)ccc2Br)oc1C(=O)O. The van der Waals surface area contributed by atoms with Gasteiger partial charge in [0.05, 0.1) is 5.56 Å². The fourth-order valence-corrected chi connectivity index (χ4v) is 2.53. The first kappa shape index (κ1) is 15.3. The average molecular weight is 403 g/mol. The number of carboxylic acids is 1. The number of carboxylic acid groups (broad SMARTS) is 1. The molecule has 0 atom stereocenters. The number of rotatable bonds is 2. The molecule has 0 bridgehead atoms. The summed E-state index contributed by atoms with van der Waals surface area (Å²) in [5.74, 6) is -0.931. The molecule has 0 unspecified atom stereocenters. The van der Waals surface area contributed by atoms with Crippen molar-refractivity contribution in [2.45, 2.75) is 26.2 Å². The van der Waals surface area contributed by atoms with Crippen molar-refractivity contribution in [1.29, 1.82) is 0 Å². The van der Waals surface area contributed by atoms with Gasteiger partial charge in [-0.15, -0.1) is 0 Å². The monoisotopic (exact) mass is 401 g/mol. The third-order valence-electron chi connectivity index (χ3n) is 2.69. The molecule has 2 aromatic rings. The summed E-state index contributed by atoms with van der Waals surface area (Å²) in [4.78, 5) is 15.7. The van der Waals surface area contributed by atoms with E-state index in [1.165, 1.54) is 0 Å². The highest BCUT2D eigenvalue weighted by molar-refractivity contribution is 9.11. The third-order valence-corrected chi connectivity index (χ3v) is 3.88. The molecule has 0 spiro atoms. The number of hydrogen-bond donors (Lipinski definition) is 1. The minimum Gasteiger partial charge on any atom is -0.475 e. The summed E-state index contributed by atoms with van der Waals surface area (Å²) in [6, 6.07) is 5.55. The van der Waals surface area contributed by atoms with Crippen LogP contribution in [0.1, 0.15) is 37.0 Å². The molecule has 0 aliphatic rings. The summed E-state index contributed by atoms with van der Waals surface area (Å²) in [6.45, 7) is 5.70. The van der Waals surface area contributed by atoms with Gasteiger partial charge in [0.2, 0.25) is 11.7 Å². The summed E-state index contributed by atoms with van der Waals surface area (Å²) >= 11 is 6.80. The van der Waals surface area contributed by atoms with E-state index in [9.17, 15) is 9.90 Å². The van der Waals surface area contributed by atoms with E-state index in [0.29, 0.717) is 17.1 Å². The summed E-state index contributed by atoms with van der Waals surface area (Å²) in [7, 11) is 0. The van der Waals surface area contributed by atoms with Gasteiger partial charge in [-0.3, -0.25) is 0 Å². The van der Waals surface area contributed by atoms with E-state index in [1.54, 1.807) is 0 Å². The first-order valence-corrected chi connectivity index (χ1v) is 7.49. The highest BCUT2D eigenvalue weighted by Gasteiger charge is 2.29. The molecule has 4 nitrogen and oxygen atoms in total. The lowest BCUT2D eigenvalue weighted by Gasteiger charge is -2.14. The summed E-state index contributed by atoms with van der Waals surface area (Å²) in [5.41, 5.74) is 0.734. The van der Waals surface area contributed by atoms with Gasteiger partial charge in [0.1, 0.15) is 5.69 Å². The summed E-state index contributed by atoms with van der Waals surface area (Å²) in [5, 5.41) is 9.26. The number of aromatic nitrogens is 1. The third kappa shape index (κ3) is 2.96. The van der Waals surface area contributed by atoms with Crippen molar-refractivity contribution in [3.05, 3.63) is 38.6 Å². The minimum absolute atomic E-state index is 0.112. The van der Waals surface area contributed by atoms with E-state index in [0.717, 1.165) is 8.95 Å². The molecule has 2 rings (SSSR count). The average Bonchev–Trinajstić information content (AvgIpc) is 2.77. The predicted octanol–water partition coefficient (Wildman–Crippen LogP) is 4.86.